The molecule has 2 rings (SSSR count). The Morgan fingerprint density at radius 1 is 1.30 bits per heavy atom. The van der Waals surface area contributed by atoms with Crippen LogP contribution >= 0.6 is 0 Å². The third-order valence-electron chi connectivity index (χ3n) is 4.77. The van der Waals surface area contributed by atoms with E-state index in [2.05, 4.69) is 38.5 Å². The molecule has 1 saturated heterocycles. The van der Waals surface area contributed by atoms with Crippen LogP contribution in [0.4, 0.5) is 0 Å². The molecule has 1 fully saturated rings. The molecule has 0 bridgehead atoms. The van der Waals surface area contributed by atoms with Crippen LogP contribution in [0, 0.1) is 18.3 Å². The number of hydrogen-bond donors (Lipinski definition) is 1. The summed E-state index contributed by atoms with van der Waals surface area (Å²) < 4.78 is 0. The minimum absolute atomic E-state index is 0.147. The highest BCUT2D eigenvalue weighted by Gasteiger charge is 2.46. The van der Waals surface area contributed by atoms with E-state index in [1.165, 1.54) is 0 Å². The Balaban J connectivity index is 2.29. The molecule has 0 unspecified atom stereocenters. The molecule has 0 spiro atoms. The van der Waals surface area contributed by atoms with Crippen LogP contribution in [0.3, 0.4) is 0 Å². The van der Waals surface area contributed by atoms with Crippen LogP contribution in [0.1, 0.15) is 39.7 Å². The van der Waals surface area contributed by atoms with Gasteiger partial charge < -0.3 is 5.11 Å². The second-order valence-corrected chi connectivity index (χ2v) is 6.60. The summed E-state index contributed by atoms with van der Waals surface area (Å²) in [7, 11) is 0. The molecule has 1 aromatic rings. The number of benzene rings is 1. The van der Waals surface area contributed by atoms with Gasteiger partial charge in [-0.05, 0) is 32.8 Å². The van der Waals surface area contributed by atoms with Gasteiger partial charge in [0.05, 0.1) is 11.1 Å². The molecule has 108 valence electrons. The largest absolute Gasteiger partial charge is 0.385 e. The molecule has 2 nitrogen and oxygen atoms in total. The number of rotatable bonds is 2. The Kier molecular flexibility index (Phi) is 3.95. The number of hydrogen-bond acceptors (Lipinski definition) is 2. The van der Waals surface area contributed by atoms with Crippen LogP contribution in [-0.2, 0) is 5.60 Å². The Bertz CT molecular complexity index is 502. The molecule has 1 N–H and O–H groups in total. The number of nitrogens with zero attached hydrogens (tertiary/aromatic N) is 1. The minimum atomic E-state index is -0.762. The summed E-state index contributed by atoms with van der Waals surface area (Å²) in [6.45, 7) is 9.22. The lowest BCUT2D eigenvalue weighted by Gasteiger charge is -2.51. The first kappa shape index (κ1) is 15.1. The molecule has 0 aromatic heterocycles. The van der Waals surface area contributed by atoms with Crippen molar-refractivity contribution in [3.8, 4) is 12.3 Å². The van der Waals surface area contributed by atoms with E-state index in [-0.39, 0.29) is 17.5 Å². The highest BCUT2D eigenvalue weighted by Crippen LogP contribution is 2.41. The van der Waals surface area contributed by atoms with Crippen molar-refractivity contribution in [2.45, 2.75) is 51.3 Å². The molecule has 0 amide bonds. The van der Waals surface area contributed by atoms with E-state index in [1.54, 1.807) is 0 Å². The van der Waals surface area contributed by atoms with E-state index in [0.717, 1.165) is 12.1 Å². The summed E-state index contributed by atoms with van der Waals surface area (Å²) >= 11 is 0. The summed E-state index contributed by atoms with van der Waals surface area (Å²) in [5.41, 5.74) is -0.0226. The highest BCUT2D eigenvalue weighted by molar-refractivity contribution is 5.25. The zero-order valence-corrected chi connectivity index (χ0v) is 12.9. The van der Waals surface area contributed by atoms with Gasteiger partial charge in [-0.25, -0.2) is 0 Å². The normalized spacial score (nSPS) is 31.8. The van der Waals surface area contributed by atoms with E-state index < -0.39 is 5.60 Å². The van der Waals surface area contributed by atoms with Gasteiger partial charge in [-0.2, -0.15) is 0 Å². The van der Waals surface area contributed by atoms with Crippen LogP contribution in [0.15, 0.2) is 30.3 Å². The monoisotopic (exact) mass is 271 g/mol. The maximum Gasteiger partial charge on any atom is 0.0948 e. The third kappa shape index (κ3) is 2.49. The van der Waals surface area contributed by atoms with Crippen LogP contribution in [-0.4, -0.2) is 28.1 Å². The smallest absolute Gasteiger partial charge is 0.0948 e. The molecule has 1 heterocycles. The van der Waals surface area contributed by atoms with Crippen molar-refractivity contribution in [2.75, 3.05) is 6.54 Å². The molecule has 20 heavy (non-hydrogen) atoms. The van der Waals surface area contributed by atoms with Crippen molar-refractivity contribution in [1.82, 2.24) is 4.90 Å². The molecule has 0 saturated carbocycles. The van der Waals surface area contributed by atoms with Crippen molar-refractivity contribution < 1.29 is 5.11 Å². The van der Waals surface area contributed by atoms with Gasteiger partial charge in [0.15, 0.2) is 0 Å². The maximum atomic E-state index is 11.2. The molecule has 3 atom stereocenters. The molecule has 0 aliphatic carbocycles. The van der Waals surface area contributed by atoms with E-state index in [0.29, 0.717) is 6.42 Å². The topological polar surface area (TPSA) is 23.5 Å². The fraction of sp³-hybridized carbons (Fsp3) is 0.556. The lowest BCUT2D eigenvalue weighted by atomic mass is 9.73. The summed E-state index contributed by atoms with van der Waals surface area (Å²) in [6, 6.07) is 10.3. The lowest BCUT2D eigenvalue weighted by Crippen LogP contribution is -2.59. The molecular weight excluding hydrogens is 246 g/mol. The van der Waals surface area contributed by atoms with Crippen LogP contribution in [0.2, 0.25) is 0 Å². The first-order valence-corrected chi connectivity index (χ1v) is 7.33. The highest BCUT2D eigenvalue weighted by atomic mass is 16.3. The van der Waals surface area contributed by atoms with Gasteiger partial charge in [0, 0.05) is 18.5 Å². The van der Waals surface area contributed by atoms with E-state index in [1.807, 2.05) is 30.3 Å². The molecule has 1 aliphatic rings. The van der Waals surface area contributed by atoms with E-state index in [4.69, 9.17) is 6.42 Å². The second-order valence-electron chi connectivity index (χ2n) is 6.60. The van der Waals surface area contributed by atoms with Crippen molar-refractivity contribution in [3.63, 3.8) is 0 Å². The average molecular weight is 271 g/mol. The zero-order chi connectivity index (χ0) is 15.0. The predicted octanol–water partition coefficient (Wildman–Crippen LogP) is 3.02. The van der Waals surface area contributed by atoms with Gasteiger partial charge in [0.25, 0.3) is 0 Å². The Morgan fingerprint density at radius 3 is 2.45 bits per heavy atom. The van der Waals surface area contributed by atoms with Crippen molar-refractivity contribution >= 4 is 0 Å². The minimum Gasteiger partial charge on any atom is -0.385 e. The summed E-state index contributed by atoms with van der Waals surface area (Å²) in [6.07, 6.45) is 6.38. The summed E-state index contributed by atoms with van der Waals surface area (Å²) in [5, 5.41) is 11.2. The van der Waals surface area contributed by atoms with Crippen LogP contribution in [0.25, 0.3) is 0 Å². The Morgan fingerprint density at radius 2 is 1.90 bits per heavy atom. The first-order chi connectivity index (χ1) is 9.31. The Labute approximate surface area is 122 Å². The standard InChI is InChI=1S/C18H25NO/c1-6-17(4,5)19-13-14(2)18(20,12-15(19)3)16-10-8-7-9-11-16/h1,7-11,14-15,20H,12-13H2,2-5H3/t14-,15+,18-/m0/s1. The lowest BCUT2D eigenvalue weighted by molar-refractivity contribution is -0.105. The van der Waals surface area contributed by atoms with Gasteiger partial charge in [0.1, 0.15) is 0 Å². The van der Waals surface area contributed by atoms with Crippen molar-refractivity contribution in [1.29, 1.82) is 0 Å². The fourth-order valence-electron chi connectivity index (χ4n) is 3.38. The van der Waals surface area contributed by atoms with Gasteiger partial charge in [-0.15, -0.1) is 6.42 Å². The maximum absolute atomic E-state index is 11.2. The molecule has 1 aliphatic heterocycles. The summed E-state index contributed by atoms with van der Waals surface area (Å²) in [4.78, 5) is 2.33. The van der Waals surface area contributed by atoms with E-state index in [9.17, 15) is 5.11 Å². The number of aliphatic hydroxyl groups is 1. The SMILES string of the molecule is C#CC(C)(C)N1C[C@H](C)[C@](O)(c2ccccc2)C[C@H]1C. The van der Waals surface area contributed by atoms with E-state index >= 15 is 0 Å². The third-order valence-corrected chi connectivity index (χ3v) is 4.77. The quantitative estimate of drug-likeness (QED) is 0.836. The molecule has 1 aromatic carbocycles. The number of piperidine rings is 1. The fourth-order valence-corrected chi connectivity index (χ4v) is 3.38. The number of likely N-dealkylation sites (tertiary alicyclic amines) is 1. The second kappa shape index (κ2) is 5.24. The molecule has 2 heteroatoms. The van der Waals surface area contributed by atoms with Gasteiger partial charge >= 0.3 is 0 Å². The van der Waals surface area contributed by atoms with Gasteiger partial charge in [-0.3, -0.25) is 4.90 Å². The van der Waals surface area contributed by atoms with Gasteiger partial charge in [0.2, 0.25) is 0 Å². The summed E-state index contributed by atoms with van der Waals surface area (Å²) in [5.74, 6) is 3.02. The zero-order valence-electron chi connectivity index (χ0n) is 12.9. The molecular formula is C18H25NO. The average Bonchev–Trinajstić information content (AvgIpc) is 2.43. The van der Waals surface area contributed by atoms with Crippen molar-refractivity contribution in [2.24, 2.45) is 5.92 Å². The van der Waals surface area contributed by atoms with Gasteiger partial charge in [-0.1, -0.05) is 43.2 Å². The molecule has 0 radical (unpaired) electrons. The first-order valence-electron chi connectivity index (χ1n) is 7.33. The van der Waals surface area contributed by atoms with Crippen LogP contribution in [0.5, 0.6) is 0 Å². The van der Waals surface area contributed by atoms with Crippen molar-refractivity contribution in [3.05, 3.63) is 35.9 Å². The predicted molar refractivity (Wildman–Crippen MR) is 83.2 cm³/mol. The Hall–Kier alpha value is -1.30. The number of terminal acetylenes is 1. The van der Waals surface area contributed by atoms with Crippen LogP contribution < -0.4 is 0 Å².